The van der Waals surface area contributed by atoms with Gasteiger partial charge in [-0.2, -0.15) is 18.3 Å². The van der Waals surface area contributed by atoms with Crippen LogP contribution in [-0.4, -0.2) is 15.7 Å². The average Bonchev–Trinajstić information content (AvgIpc) is 2.91. The quantitative estimate of drug-likeness (QED) is 0.922. The third-order valence-electron chi connectivity index (χ3n) is 3.49. The SMILES string of the molecule is Cc1ccc(CNC(=O)c2cnn(C(C)(C)C)c2C(F)(F)F)cc1. The van der Waals surface area contributed by atoms with Gasteiger partial charge < -0.3 is 5.32 Å². The van der Waals surface area contributed by atoms with Gasteiger partial charge in [0, 0.05) is 6.54 Å². The van der Waals surface area contributed by atoms with E-state index in [9.17, 15) is 18.0 Å². The predicted molar refractivity (Wildman–Crippen MR) is 84.6 cm³/mol. The molecule has 0 fully saturated rings. The van der Waals surface area contributed by atoms with Gasteiger partial charge in [0.05, 0.1) is 17.3 Å². The van der Waals surface area contributed by atoms with Gasteiger partial charge in [-0.05, 0) is 33.3 Å². The monoisotopic (exact) mass is 339 g/mol. The van der Waals surface area contributed by atoms with Gasteiger partial charge in [0.15, 0.2) is 5.69 Å². The molecule has 0 aliphatic rings. The Morgan fingerprint density at radius 1 is 1.17 bits per heavy atom. The van der Waals surface area contributed by atoms with Crippen molar-refractivity contribution < 1.29 is 18.0 Å². The van der Waals surface area contributed by atoms with Crippen molar-refractivity contribution in [3.05, 3.63) is 52.8 Å². The average molecular weight is 339 g/mol. The number of aryl methyl sites for hydroxylation is 1. The summed E-state index contributed by atoms with van der Waals surface area (Å²) >= 11 is 0. The fraction of sp³-hybridized carbons (Fsp3) is 0.412. The molecule has 0 aliphatic heterocycles. The number of hydrogen-bond acceptors (Lipinski definition) is 2. The maximum Gasteiger partial charge on any atom is 0.433 e. The maximum atomic E-state index is 13.4. The zero-order chi connectivity index (χ0) is 18.1. The first-order chi connectivity index (χ1) is 11.0. The molecule has 130 valence electrons. The number of nitrogens with one attached hydrogen (secondary N) is 1. The highest BCUT2D eigenvalue weighted by Gasteiger charge is 2.42. The van der Waals surface area contributed by atoms with Gasteiger partial charge >= 0.3 is 6.18 Å². The van der Waals surface area contributed by atoms with E-state index in [4.69, 9.17) is 0 Å². The summed E-state index contributed by atoms with van der Waals surface area (Å²) in [4.78, 5) is 12.2. The number of rotatable bonds is 3. The Hall–Kier alpha value is -2.31. The number of alkyl halides is 3. The molecule has 0 saturated heterocycles. The van der Waals surface area contributed by atoms with Gasteiger partial charge in [0.25, 0.3) is 5.91 Å². The van der Waals surface area contributed by atoms with Crippen molar-refractivity contribution in [1.82, 2.24) is 15.1 Å². The van der Waals surface area contributed by atoms with Crippen LogP contribution < -0.4 is 5.32 Å². The lowest BCUT2D eigenvalue weighted by atomic mass is 10.1. The Labute approximate surface area is 138 Å². The molecule has 0 atom stereocenters. The number of hydrogen-bond donors (Lipinski definition) is 1. The highest BCUT2D eigenvalue weighted by Crippen LogP contribution is 2.34. The van der Waals surface area contributed by atoms with Crippen LogP contribution in [0.4, 0.5) is 13.2 Å². The van der Waals surface area contributed by atoms with Crippen LogP contribution in [0, 0.1) is 6.92 Å². The van der Waals surface area contributed by atoms with Crippen LogP contribution in [0.1, 0.15) is 48.0 Å². The van der Waals surface area contributed by atoms with Gasteiger partial charge in [0.2, 0.25) is 0 Å². The molecular weight excluding hydrogens is 319 g/mol. The van der Waals surface area contributed by atoms with Crippen molar-refractivity contribution in [3.8, 4) is 0 Å². The molecule has 0 unspecified atom stereocenters. The Bertz CT molecular complexity index is 725. The second-order valence-corrected chi connectivity index (χ2v) is 6.66. The van der Waals surface area contributed by atoms with Crippen LogP contribution in [0.15, 0.2) is 30.5 Å². The molecule has 0 aliphatic carbocycles. The molecule has 1 aromatic carbocycles. The lowest BCUT2D eigenvalue weighted by Crippen LogP contribution is -2.31. The first-order valence-corrected chi connectivity index (χ1v) is 7.49. The topological polar surface area (TPSA) is 46.9 Å². The van der Waals surface area contributed by atoms with Crippen LogP contribution >= 0.6 is 0 Å². The van der Waals surface area contributed by atoms with Crippen molar-refractivity contribution in [2.75, 3.05) is 0 Å². The third kappa shape index (κ3) is 3.96. The van der Waals surface area contributed by atoms with E-state index in [1.54, 1.807) is 20.8 Å². The van der Waals surface area contributed by atoms with Crippen LogP contribution in [0.3, 0.4) is 0 Å². The highest BCUT2D eigenvalue weighted by atomic mass is 19.4. The molecule has 24 heavy (non-hydrogen) atoms. The second-order valence-electron chi connectivity index (χ2n) is 6.66. The Kier molecular flexibility index (Phi) is 4.73. The summed E-state index contributed by atoms with van der Waals surface area (Å²) in [5, 5.41) is 6.30. The zero-order valence-electron chi connectivity index (χ0n) is 14.0. The van der Waals surface area contributed by atoms with E-state index >= 15 is 0 Å². The van der Waals surface area contributed by atoms with Crippen LogP contribution in [-0.2, 0) is 18.3 Å². The summed E-state index contributed by atoms with van der Waals surface area (Å²) in [7, 11) is 0. The molecule has 2 aromatic rings. The number of carbonyl (C=O) groups is 1. The number of benzene rings is 1. The standard InChI is InChI=1S/C17H20F3N3O/c1-11-5-7-12(8-6-11)9-21-15(24)13-10-22-23(16(2,3)4)14(13)17(18,19)20/h5-8,10H,9H2,1-4H3,(H,21,24). The first kappa shape index (κ1) is 18.0. The van der Waals surface area contributed by atoms with E-state index in [1.165, 1.54) is 0 Å². The summed E-state index contributed by atoms with van der Waals surface area (Å²) < 4.78 is 41.0. The zero-order valence-corrected chi connectivity index (χ0v) is 14.0. The minimum atomic E-state index is -4.67. The van der Waals surface area contributed by atoms with E-state index in [-0.39, 0.29) is 6.54 Å². The second kappa shape index (κ2) is 6.30. The lowest BCUT2D eigenvalue weighted by Gasteiger charge is -2.23. The Morgan fingerprint density at radius 2 is 1.75 bits per heavy atom. The molecule has 0 bridgehead atoms. The van der Waals surface area contributed by atoms with E-state index in [2.05, 4.69) is 10.4 Å². The summed E-state index contributed by atoms with van der Waals surface area (Å²) in [5.41, 5.74) is -0.511. The molecule has 4 nitrogen and oxygen atoms in total. The molecular formula is C17H20F3N3O. The predicted octanol–water partition coefficient (Wildman–Crippen LogP) is 3.90. The lowest BCUT2D eigenvalue weighted by molar-refractivity contribution is -0.146. The molecule has 0 radical (unpaired) electrons. The first-order valence-electron chi connectivity index (χ1n) is 7.49. The largest absolute Gasteiger partial charge is 0.433 e. The summed E-state index contributed by atoms with van der Waals surface area (Å²) in [6.45, 7) is 6.88. The van der Waals surface area contributed by atoms with Crippen molar-refractivity contribution in [1.29, 1.82) is 0 Å². The van der Waals surface area contributed by atoms with Crippen LogP contribution in [0.5, 0.6) is 0 Å². The fourth-order valence-corrected chi connectivity index (χ4v) is 2.28. The molecule has 2 rings (SSSR count). The Balaban J connectivity index is 2.26. The van der Waals surface area contributed by atoms with Gasteiger partial charge in [-0.1, -0.05) is 29.8 Å². The van der Waals surface area contributed by atoms with Gasteiger partial charge in [0.1, 0.15) is 0 Å². The van der Waals surface area contributed by atoms with Gasteiger partial charge in [-0.15, -0.1) is 0 Å². The summed E-state index contributed by atoms with van der Waals surface area (Å²) in [5.74, 6) is -0.793. The van der Waals surface area contributed by atoms with Crippen LogP contribution in [0.25, 0.3) is 0 Å². The molecule has 1 amide bonds. The third-order valence-corrected chi connectivity index (χ3v) is 3.49. The molecule has 1 aromatic heterocycles. The van der Waals surface area contributed by atoms with Crippen molar-refractivity contribution in [3.63, 3.8) is 0 Å². The molecule has 1 heterocycles. The normalized spacial score (nSPS) is 12.3. The fourth-order valence-electron chi connectivity index (χ4n) is 2.28. The van der Waals surface area contributed by atoms with Gasteiger partial charge in [-0.25, -0.2) is 0 Å². The number of halogens is 3. The number of amides is 1. The number of aromatic nitrogens is 2. The van der Waals surface area contributed by atoms with E-state index in [0.717, 1.165) is 22.0 Å². The molecule has 7 heteroatoms. The highest BCUT2D eigenvalue weighted by molar-refractivity contribution is 5.95. The molecule has 0 saturated carbocycles. The molecule has 1 N–H and O–H groups in total. The van der Waals surface area contributed by atoms with E-state index in [0.29, 0.717) is 0 Å². The van der Waals surface area contributed by atoms with Gasteiger partial charge in [-0.3, -0.25) is 9.48 Å². The molecule has 0 spiro atoms. The van der Waals surface area contributed by atoms with Crippen molar-refractivity contribution in [2.45, 2.75) is 46.0 Å². The minimum Gasteiger partial charge on any atom is -0.348 e. The van der Waals surface area contributed by atoms with Crippen molar-refractivity contribution in [2.24, 2.45) is 0 Å². The van der Waals surface area contributed by atoms with Crippen molar-refractivity contribution >= 4 is 5.91 Å². The van der Waals surface area contributed by atoms with E-state index in [1.807, 2.05) is 31.2 Å². The Morgan fingerprint density at radius 3 is 2.25 bits per heavy atom. The maximum absolute atomic E-state index is 13.4. The summed E-state index contributed by atoms with van der Waals surface area (Å²) in [6.07, 6.45) is -3.70. The smallest absolute Gasteiger partial charge is 0.348 e. The number of nitrogens with zero attached hydrogens (tertiary/aromatic N) is 2. The summed E-state index contributed by atoms with van der Waals surface area (Å²) in [6, 6.07) is 7.39. The number of carbonyl (C=O) groups excluding carboxylic acids is 1. The van der Waals surface area contributed by atoms with Crippen LogP contribution in [0.2, 0.25) is 0 Å². The van der Waals surface area contributed by atoms with E-state index < -0.39 is 28.9 Å². The minimum absolute atomic E-state index is 0.150.